The second-order valence-corrected chi connectivity index (χ2v) is 4.67. The second kappa shape index (κ2) is 3.66. The largest absolute Gasteiger partial charge is 0.508 e. The lowest BCUT2D eigenvalue weighted by atomic mass is 10.4. The minimum atomic E-state index is -3.33. The minimum Gasteiger partial charge on any atom is -0.430 e. The van der Waals surface area contributed by atoms with Crippen LogP contribution in [0.5, 0.6) is 0 Å². The van der Waals surface area contributed by atoms with Crippen LogP contribution in [0.1, 0.15) is 0 Å². The van der Waals surface area contributed by atoms with Gasteiger partial charge >= 0.3 is 6.16 Å². The highest BCUT2D eigenvalue weighted by Crippen LogP contribution is 2.08. The van der Waals surface area contributed by atoms with Crippen molar-refractivity contribution in [3.8, 4) is 12.3 Å². The monoisotopic (exact) mass is 204 g/mol. The van der Waals surface area contributed by atoms with Gasteiger partial charge in [0.2, 0.25) is 0 Å². The molecular formula is C7H8O5S. The van der Waals surface area contributed by atoms with Crippen LogP contribution in [-0.4, -0.2) is 38.8 Å². The number of ether oxygens (including phenoxy) is 2. The van der Waals surface area contributed by atoms with Crippen molar-refractivity contribution in [3.63, 3.8) is 0 Å². The lowest BCUT2D eigenvalue weighted by molar-refractivity contribution is 0.122. The topological polar surface area (TPSA) is 69.7 Å². The normalized spacial score (nSPS) is 21.8. The molecule has 1 aliphatic rings. The van der Waals surface area contributed by atoms with Crippen molar-refractivity contribution in [1.82, 2.24) is 0 Å². The van der Waals surface area contributed by atoms with Crippen molar-refractivity contribution < 1.29 is 22.7 Å². The molecule has 1 fully saturated rings. The van der Waals surface area contributed by atoms with Gasteiger partial charge in [-0.15, -0.1) is 6.42 Å². The zero-order chi connectivity index (χ0) is 9.90. The Bertz CT molecular complexity index is 336. The van der Waals surface area contributed by atoms with Gasteiger partial charge in [-0.3, -0.25) is 0 Å². The molecule has 6 heteroatoms. The summed E-state index contributed by atoms with van der Waals surface area (Å²) in [6, 6.07) is 0. The molecule has 1 heterocycles. The summed E-state index contributed by atoms with van der Waals surface area (Å²) in [7, 11) is -3.33. The minimum absolute atomic E-state index is 0.0252. The van der Waals surface area contributed by atoms with E-state index in [1.165, 1.54) is 0 Å². The Morgan fingerprint density at radius 2 is 2.31 bits per heavy atom. The lowest BCUT2D eigenvalue weighted by Crippen LogP contribution is -2.24. The number of rotatable bonds is 3. The number of sulfone groups is 1. The van der Waals surface area contributed by atoms with E-state index in [1.54, 1.807) is 0 Å². The maximum absolute atomic E-state index is 11.1. The molecule has 0 N–H and O–H groups in total. The molecule has 0 bridgehead atoms. The first-order valence-corrected chi connectivity index (χ1v) is 5.33. The maximum Gasteiger partial charge on any atom is 0.508 e. The first-order chi connectivity index (χ1) is 6.03. The van der Waals surface area contributed by atoms with E-state index in [-0.39, 0.29) is 18.1 Å². The first kappa shape index (κ1) is 9.86. The van der Waals surface area contributed by atoms with Gasteiger partial charge in [-0.2, -0.15) is 0 Å². The molecule has 1 rings (SSSR count). The molecule has 72 valence electrons. The number of carbonyl (C=O) groups is 1. The van der Waals surface area contributed by atoms with Crippen LogP contribution in [0.15, 0.2) is 0 Å². The second-order valence-electron chi connectivity index (χ2n) is 2.56. The quantitative estimate of drug-likeness (QED) is 0.461. The van der Waals surface area contributed by atoms with E-state index >= 15 is 0 Å². The highest BCUT2D eigenvalue weighted by Gasteiger charge is 2.29. The number of terminal acetylenes is 1. The van der Waals surface area contributed by atoms with E-state index in [9.17, 15) is 13.2 Å². The van der Waals surface area contributed by atoms with Gasteiger partial charge in [0, 0.05) is 0 Å². The fraction of sp³-hybridized carbons (Fsp3) is 0.571. The summed E-state index contributed by atoms with van der Waals surface area (Å²) in [5.41, 5.74) is 0. The SMILES string of the molecule is C#CCS(=O)(=O)CC1COC(=O)O1. The first-order valence-electron chi connectivity index (χ1n) is 3.51. The average Bonchev–Trinajstić information content (AvgIpc) is 2.34. The molecule has 5 nitrogen and oxygen atoms in total. The van der Waals surface area contributed by atoms with Crippen LogP contribution in [0.25, 0.3) is 0 Å². The maximum atomic E-state index is 11.1. The predicted molar refractivity (Wildman–Crippen MR) is 43.7 cm³/mol. The molecule has 0 aliphatic carbocycles. The average molecular weight is 204 g/mol. The molecule has 0 saturated carbocycles. The van der Waals surface area contributed by atoms with Gasteiger partial charge in [0.25, 0.3) is 0 Å². The molecule has 0 radical (unpaired) electrons. The molecule has 0 aromatic carbocycles. The molecule has 1 unspecified atom stereocenters. The Balaban J connectivity index is 2.50. The van der Waals surface area contributed by atoms with Gasteiger partial charge in [-0.1, -0.05) is 5.92 Å². The number of cyclic esters (lactones) is 2. The number of carbonyl (C=O) groups excluding carboxylic acids is 1. The molecule has 1 aliphatic heterocycles. The van der Waals surface area contributed by atoms with Crippen LogP contribution < -0.4 is 0 Å². The molecule has 0 aromatic heterocycles. The summed E-state index contributed by atoms with van der Waals surface area (Å²) >= 11 is 0. The van der Waals surface area contributed by atoms with Gasteiger partial charge < -0.3 is 9.47 Å². The summed E-state index contributed by atoms with van der Waals surface area (Å²) in [6.07, 6.45) is 3.30. The molecule has 1 atom stereocenters. The zero-order valence-electron chi connectivity index (χ0n) is 6.73. The highest BCUT2D eigenvalue weighted by atomic mass is 32.2. The Hall–Kier alpha value is -1.22. The van der Waals surface area contributed by atoms with Gasteiger partial charge in [0.05, 0.1) is 5.75 Å². The van der Waals surface area contributed by atoms with E-state index in [2.05, 4.69) is 9.47 Å². The zero-order valence-corrected chi connectivity index (χ0v) is 7.54. The van der Waals surface area contributed by atoms with E-state index in [4.69, 9.17) is 6.42 Å². The smallest absolute Gasteiger partial charge is 0.430 e. The summed E-state index contributed by atoms with van der Waals surface area (Å²) in [5, 5.41) is 0. The summed E-state index contributed by atoms with van der Waals surface area (Å²) in [5.74, 6) is 1.40. The van der Waals surface area contributed by atoms with Gasteiger partial charge in [-0.05, 0) is 0 Å². The van der Waals surface area contributed by atoms with E-state index in [0.29, 0.717) is 0 Å². The standard InChI is InChI=1S/C7H8O5S/c1-2-3-13(9,10)5-6-4-11-7(8)12-6/h1,6H,3-5H2. The van der Waals surface area contributed by atoms with Crippen LogP contribution in [0, 0.1) is 12.3 Å². The van der Waals surface area contributed by atoms with Crippen molar-refractivity contribution in [2.75, 3.05) is 18.1 Å². The summed E-state index contributed by atoms with van der Waals surface area (Å²) in [4.78, 5) is 10.4. The number of hydrogen-bond acceptors (Lipinski definition) is 5. The van der Waals surface area contributed by atoms with Crippen molar-refractivity contribution in [1.29, 1.82) is 0 Å². The Kier molecular flexibility index (Phi) is 2.78. The molecule has 1 saturated heterocycles. The van der Waals surface area contributed by atoms with Crippen molar-refractivity contribution in [2.45, 2.75) is 6.10 Å². The van der Waals surface area contributed by atoms with E-state index in [1.807, 2.05) is 5.92 Å². The highest BCUT2D eigenvalue weighted by molar-refractivity contribution is 7.91. The van der Waals surface area contributed by atoms with Crippen molar-refractivity contribution in [2.24, 2.45) is 0 Å². The number of hydrogen-bond donors (Lipinski definition) is 0. The molecule has 0 amide bonds. The van der Waals surface area contributed by atoms with Crippen LogP contribution in [-0.2, 0) is 19.3 Å². The molecule has 0 aromatic rings. The van der Waals surface area contributed by atoms with Crippen LogP contribution in [0.4, 0.5) is 4.79 Å². The van der Waals surface area contributed by atoms with E-state index in [0.717, 1.165) is 0 Å². The van der Waals surface area contributed by atoms with Crippen molar-refractivity contribution in [3.05, 3.63) is 0 Å². The Morgan fingerprint density at radius 3 is 2.77 bits per heavy atom. The van der Waals surface area contributed by atoms with Crippen molar-refractivity contribution >= 4 is 16.0 Å². The molecule has 13 heavy (non-hydrogen) atoms. The predicted octanol–water partition coefficient (Wildman–Crippen LogP) is -0.430. The third-order valence-electron chi connectivity index (χ3n) is 1.39. The van der Waals surface area contributed by atoms with Crippen LogP contribution in [0.3, 0.4) is 0 Å². The third kappa shape index (κ3) is 2.95. The third-order valence-corrected chi connectivity index (χ3v) is 2.88. The van der Waals surface area contributed by atoms with Gasteiger partial charge in [0.15, 0.2) is 15.9 Å². The summed E-state index contributed by atoms with van der Waals surface area (Å²) in [6.45, 7) is -0.0252. The lowest BCUT2D eigenvalue weighted by Gasteiger charge is -2.04. The van der Waals surface area contributed by atoms with Crippen LogP contribution >= 0.6 is 0 Å². The van der Waals surface area contributed by atoms with E-state index < -0.39 is 22.1 Å². The summed E-state index contributed by atoms with van der Waals surface area (Å²) < 4.78 is 31.2. The molecule has 0 spiro atoms. The Morgan fingerprint density at radius 1 is 1.62 bits per heavy atom. The van der Waals surface area contributed by atoms with Gasteiger partial charge in [-0.25, -0.2) is 13.2 Å². The Labute approximate surface area is 75.9 Å². The fourth-order valence-corrected chi connectivity index (χ4v) is 2.02. The molecular weight excluding hydrogens is 196 g/mol. The van der Waals surface area contributed by atoms with Gasteiger partial charge in [0.1, 0.15) is 12.4 Å². The fourth-order valence-electron chi connectivity index (χ4n) is 0.916. The van der Waals surface area contributed by atoms with Crippen LogP contribution in [0.2, 0.25) is 0 Å².